The largest absolute Gasteiger partial charge is 0.352 e. The molecule has 2 aromatic rings. The van der Waals surface area contributed by atoms with Gasteiger partial charge in [0.2, 0.25) is 0 Å². The molecule has 0 atom stereocenters. The molecule has 3 heteroatoms. The van der Waals surface area contributed by atoms with Crippen molar-refractivity contribution in [1.82, 2.24) is 5.32 Å². The molecule has 0 aliphatic heterocycles. The molecular formula is C14H16N2O. The van der Waals surface area contributed by atoms with E-state index in [-0.39, 0.29) is 5.91 Å². The molecule has 0 aliphatic rings. The van der Waals surface area contributed by atoms with Crippen LogP contribution in [0, 0.1) is 0 Å². The number of nitrogens with one attached hydrogen (secondary N) is 1. The third-order valence-electron chi connectivity index (χ3n) is 2.70. The number of carbonyl (C=O) groups is 1. The zero-order valence-corrected chi connectivity index (χ0v) is 9.65. The molecule has 0 aliphatic carbocycles. The molecule has 0 bridgehead atoms. The lowest BCUT2D eigenvalue weighted by Crippen LogP contribution is -2.26. The zero-order valence-electron chi connectivity index (χ0n) is 9.65. The van der Waals surface area contributed by atoms with Crippen LogP contribution in [0.4, 0.5) is 0 Å². The third kappa shape index (κ3) is 2.63. The van der Waals surface area contributed by atoms with Crippen LogP contribution in [-0.4, -0.2) is 19.0 Å². The Morgan fingerprint density at radius 1 is 1.12 bits per heavy atom. The molecule has 0 saturated carbocycles. The third-order valence-corrected chi connectivity index (χ3v) is 2.70. The van der Waals surface area contributed by atoms with E-state index < -0.39 is 0 Å². The van der Waals surface area contributed by atoms with Crippen molar-refractivity contribution >= 4 is 16.7 Å². The van der Waals surface area contributed by atoms with Crippen LogP contribution in [-0.2, 0) is 0 Å². The lowest BCUT2D eigenvalue weighted by molar-refractivity contribution is 0.0955. The van der Waals surface area contributed by atoms with E-state index in [4.69, 9.17) is 5.73 Å². The Hall–Kier alpha value is -1.87. The monoisotopic (exact) mass is 228 g/mol. The molecule has 3 N–H and O–H groups in total. The highest BCUT2D eigenvalue weighted by molar-refractivity contribution is 6.06. The highest BCUT2D eigenvalue weighted by atomic mass is 16.1. The predicted molar refractivity (Wildman–Crippen MR) is 70.0 cm³/mol. The minimum absolute atomic E-state index is 0.0322. The van der Waals surface area contributed by atoms with Crippen molar-refractivity contribution in [2.24, 2.45) is 5.73 Å². The molecular weight excluding hydrogens is 212 g/mol. The van der Waals surface area contributed by atoms with E-state index in [9.17, 15) is 4.79 Å². The molecule has 17 heavy (non-hydrogen) atoms. The van der Waals surface area contributed by atoms with E-state index >= 15 is 0 Å². The summed E-state index contributed by atoms with van der Waals surface area (Å²) >= 11 is 0. The number of rotatable bonds is 4. The van der Waals surface area contributed by atoms with Crippen LogP contribution in [0.5, 0.6) is 0 Å². The lowest BCUT2D eigenvalue weighted by Gasteiger charge is -2.07. The molecule has 0 heterocycles. The van der Waals surface area contributed by atoms with Gasteiger partial charge in [0.15, 0.2) is 0 Å². The van der Waals surface area contributed by atoms with Crippen LogP contribution >= 0.6 is 0 Å². The predicted octanol–water partition coefficient (Wildman–Crippen LogP) is 1.92. The second kappa shape index (κ2) is 5.46. The van der Waals surface area contributed by atoms with Crippen LogP contribution < -0.4 is 11.1 Å². The number of hydrogen-bond donors (Lipinski definition) is 2. The van der Waals surface area contributed by atoms with E-state index in [1.165, 1.54) is 0 Å². The fourth-order valence-corrected chi connectivity index (χ4v) is 1.82. The van der Waals surface area contributed by atoms with Gasteiger partial charge in [-0.2, -0.15) is 0 Å². The van der Waals surface area contributed by atoms with Crippen LogP contribution in [0.2, 0.25) is 0 Å². The molecule has 0 fully saturated rings. The maximum atomic E-state index is 12.0. The Labute approximate surface area is 101 Å². The molecule has 2 rings (SSSR count). The Balaban J connectivity index is 2.26. The number of benzene rings is 2. The maximum Gasteiger partial charge on any atom is 0.251 e. The van der Waals surface area contributed by atoms with Gasteiger partial charge in [0.25, 0.3) is 5.91 Å². The van der Waals surface area contributed by atoms with Crippen LogP contribution in [0.25, 0.3) is 10.8 Å². The molecule has 1 amide bonds. The quantitative estimate of drug-likeness (QED) is 0.785. The van der Waals surface area contributed by atoms with Gasteiger partial charge in [0.05, 0.1) is 0 Å². The Kier molecular flexibility index (Phi) is 3.73. The molecule has 3 nitrogen and oxygen atoms in total. The number of amides is 1. The Morgan fingerprint density at radius 2 is 1.88 bits per heavy atom. The van der Waals surface area contributed by atoms with Crippen LogP contribution in [0.1, 0.15) is 16.8 Å². The van der Waals surface area contributed by atoms with E-state index in [1.54, 1.807) is 0 Å². The van der Waals surface area contributed by atoms with E-state index in [0.717, 1.165) is 22.8 Å². The minimum atomic E-state index is -0.0322. The summed E-state index contributed by atoms with van der Waals surface area (Å²) in [6.07, 6.45) is 0.802. The smallest absolute Gasteiger partial charge is 0.251 e. The normalized spacial score (nSPS) is 10.4. The van der Waals surface area contributed by atoms with Crippen molar-refractivity contribution in [3.63, 3.8) is 0 Å². The maximum absolute atomic E-state index is 12.0. The first-order valence-corrected chi connectivity index (χ1v) is 5.79. The highest BCUT2D eigenvalue weighted by Gasteiger charge is 2.08. The number of nitrogens with two attached hydrogens (primary N) is 1. The molecule has 88 valence electrons. The lowest BCUT2D eigenvalue weighted by atomic mass is 10.0. The summed E-state index contributed by atoms with van der Waals surface area (Å²) in [5.41, 5.74) is 6.11. The fourth-order valence-electron chi connectivity index (χ4n) is 1.82. The van der Waals surface area contributed by atoms with Gasteiger partial charge in [0.1, 0.15) is 0 Å². The van der Waals surface area contributed by atoms with Gasteiger partial charge in [-0.3, -0.25) is 4.79 Å². The average molecular weight is 228 g/mol. The van der Waals surface area contributed by atoms with Crippen LogP contribution in [0.3, 0.4) is 0 Å². The van der Waals surface area contributed by atoms with Gasteiger partial charge in [-0.1, -0.05) is 36.4 Å². The number of fused-ring (bicyclic) bond motifs is 1. The van der Waals surface area contributed by atoms with Gasteiger partial charge >= 0.3 is 0 Å². The first-order chi connectivity index (χ1) is 8.33. The van der Waals surface area contributed by atoms with Crippen molar-refractivity contribution in [3.05, 3.63) is 48.0 Å². The van der Waals surface area contributed by atoms with E-state index in [1.807, 2.05) is 42.5 Å². The molecule has 0 unspecified atom stereocenters. The second-order valence-electron chi connectivity index (χ2n) is 3.92. The van der Waals surface area contributed by atoms with Crippen molar-refractivity contribution in [2.45, 2.75) is 6.42 Å². The SMILES string of the molecule is NCCCNC(=O)c1cccc2ccccc12. The summed E-state index contributed by atoms with van der Waals surface area (Å²) in [6, 6.07) is 13.6. The summed E-state index contributed by atoms with van der Waals surface area (Å²) in [6.45, 7) is 1.22. The molecule has 0 saturated heterocycles. The number of carbonyl (C=O) groups excluding carboxylic acids is 1. The zero-order chi connectivity index (χ0) is 12.1. The van der Waals surface area contributed by atoms with Gasteiger partial charge in [0, 0.05) is 12.1 Å². The molecule has 0 aromatic heterocycles. The van der Waals surface area contributed by atoms with Gasteiger partial charge in [-0.15, -0.1) is 0 Å². The van der Waals surface area contributed by atoms with Crippen LogP contribution in [0.15, 0.2) is 42.5 Å². The standard InChI is InChI=1S/C14H16N2O/c15-9-4-10-16-14(17)13-8-3-6-11-5-1-2-7-12(11)13/h1-3,5-8H,4,9-10,15H2,(H,16,17). The summed E-state index contributed by atoms with van der Waals surface area (Å²) < 4.78 is 0. The second-order valence-corrected chi connectivity index (χ2v) is 3.92. The van der Waals surface area contributed by atoms with Crippen molar-refractivity contribution < 1.29 is 4.79 Å². The first kappa shape index (κ1) is 11.6. The summed E-state index contributed by atoms with van der Waals surface area (Å²) in [7, 11) is 0. The van der Waals surface area contributed by atoms with Crippen molar-refractivity contribution in [1.29, 1.82) is 0 Å². The van der Waals surface area contributed by atoms with Gasteiger partial charge in [-0.05, 0) is 29.8 Å². The fraction of sp³-hybridized carbons (Fsp3) is 0.214. The Morgan fingerprint density at radius 3 is 2.71 bits per heavy atom. The topological polar surface area (TPSA) is 55.1 Å². The minimum Gasteiger partial charge on any atom is -0.352 e. The molecule has 2 aromatic carbocycles. The highest BCUT2D eigenvalue weighted by Crippen LogP contribution is 2.18. The Bertz CT molecular complexity index is 517. The van der Waals surface area contributed by atoms with Gasteiger partial charge < -0.3 is 11.1 Å². The van der Waals surface area contributed by atoms with E-state index in [0.29, 0.717) is 13.1 Å². The molecule has 0 spiro atoms. The van der Waals surface area contributed by atoms with Crippen molar-refractivity contribution in [3.8, 4) is 0 Å². The summed E-state index contributed by atoms with van der Waals surface area (Å²) in [4.78, 5) is 12.0. The average Bonchev–Trinajstić information content (AvgIpc) is 2.38. The first-order valence-electron chi connectivity index (χ1n) is 5.79. The van der Waals surface area contributed by atoms with E-state index in [2.05, 4.69) is 5.32 Å². The summed E-state index contributed by atoms with van der Waals surface area (Å²) in [5.74, 6) is -0.0322. The molecule has 0 radical (unpaired) electrons. The van der Waals surface area contributed by atoms with Gasteiger partial charge in [-0.25, -0.2) is 0 Å². The van der Waals surface area contributed by atoms with Crippen molar-refractivity contribution in [2.75, 3.05) is 13.1 Å². The summed E-state index contributed by atoms with van der Waals surface area (Å²) in [5, 5.41) is 4.94. The number of hydrogen-bond acceptors (Lipinski definition) is 2.